The summed E-state index contributed by atoms with van der Waals surface area (Å²) >= 11 is 23.2. The normalized spacial score (nSPS) is 10.4. The number of fused-ring (bicyclic) bond motifs is 8. The van der Waals surface area contributed by atoms with E-state index in [9.17, 15) is 52.7 Å². The van der Waals surface area contributed by atoms with Crippen molar-refractivity contribution in [1.29, 1.82) is 0 Å². The lowest BCUT2D eigenvalue weighted by molar-refractivity contribution is 0.0508. The van der Waals surface area contributed by atoms with Gasteiger partial charge < -0.3 is 66.3 Å². The van der Waals surface area contributed by atoms with Gasteiger partial charge in [0.25, 0.3) is 34.4 Å². The molecule has 0 atom stereocenters. The number of aromatic carboxylic acids is 1. The number of carboxylic acid groups (broad SMARTS) is 1. The number of nitrogens with one attached hydrogen (secondary N) is 4. The van der Waals surface area contributed by atoms with Crippen molar-refractivity contribution in [3.05, 3.63) is 316 Å². The van der Waals surface area contributed by atoms with Crippen molar-refractivity contribution in [3.8, 4) is 5.75 Å². The molecule has 3 amide bonds. The van der Waals surface area contributed by atoms with Crippen LogP contribution >= 0.6 is 46.4 Å². The molecule has 37 nitrogen and oxygen atoms in total. The van der Waals surface area contributed by atoms with Gasteiger partial charge in [-0.15, -0.1) is 0 Å². The smallest absolute Gasteiger partial charge is 0.362 e. The van der Waals surface area contributed by atoms with E-state index in [0.717, 1.165) is 11.4 Å². The molecule has 0 bridgehead atoms. The number of carbonyl (C=O) groups is 8. The van der Waals surface area contributed by atoms with Crippen LogP contribution in [0.2, 0.25) is 20.6 Å². The summed E-state index contributed by atoms with van der Waals surface area (Å²) < 4.78 is 24.2. The van der Waals surface area contributed by atoms with Gasteiger partial charge in [-0.05, 0) is 149 Å². The number of nitrogens with two attached hydrogens (primary N) is 3. The molecule has 0 spiro atoms. The van der Waals surface area contributed by atoms with Crippen LogP contribution < -0.4 is 43.9 Å². The number of rotatable bonds is 15. The molecule has 8 heterocycles. The average molecular weight is 1810 g/mol. The van der Waals surface area contributed by atoms with Crippen molar-refractivity contribution in [3.63, 3.8) is 0 Å². The fourth-order valence-electron chi connectivity index (χ4n) is 10.9. The van der Waals surface area contributed by atoms with E-state index in [1.54, 1.807) is 186 Å². The Morgan fingerprint density at radius 2 is 0.531 bits per heavy atom. The number of aromatic nitrogens is 16. The molecule has 648 valence electrons. The molecule has 17 aromatic rings. The monoisotopic (exact) mass is 1810 g/mol. The van der Waals surface area contributed by atoms with E-state index >= 15 is 0 Å². The van der Waals surface area contributed by atoms with Crippen LogP contribution in [0, 0.1) is 0 Å². The maximum atomic E-state index is 11.6. The Bertz CT molecular complexity index is 6920. The number of hydrogen-bond donors (Lipinski definition) is 8. The van der Waals surface area contributed by atoms with Crippen LogP contribution in [-0.2, 0) is 18.9 Å². The van der Waals surface area contributed by atoms with Crippen LogP contribution in [0.3, 0.4) is 0 Å². The zero-order valence-corrected chi connectivity index (χ0v) is 70.7. The van der Waals surface area contributed by atoms with Gasteiger partial charge in [-0.3, -0.25) is 28.8 Å². The highest BCUT2D eigenvalue weighted by Gasteiger charge is 2.22. The van der Waals surface area contributed by atoms with Crippen molar-refractivity contribution in [2.45, 2.75) is 27.7 Å². The predicted octanol–water partition coefficient (Wildman–Crippen LogP) is 13.0. The highest BCUT2D eigenvalue weighted by molar-refractivity contribution is 6.34. The molecule has 0 aliphatic rings. The van der Waals surface area contributed by atoms with E-state index in [1.807, 2.05) is 66.7 Å². The van der Waals surface area contributed by atoms with Gasteiger partial charge in [0.2, 0.25) is 17.1 Å². The Morgan fingerprint density at radius 1 is 0.305 bits per heavy atom. The van der Waals surface area contributed by atoms with E-state index in [-0.39, 0.29) is 86.9 Å². The van der Waals surface area contributed by atoms with E-state index in [0.29, 0.717) is 94.1 Å². The fourth-order valence-corrected chi connectivity index (χ4v) is 11.7. The molecule has 11 N–H and O–H groups in total. The highest BCUT2D eigenvalue weighted by atomic mass is 35.5. The number of H-pyrrole nitrogens is 3. The van der Waals surface area contributed by atoms with Gasteiger partial charge in [-0.1, -0.05) is 143 Å². The molecule has 0 fully saturated rings. The number of aromatic amines is 3. The summed E-state index contributed by atoms with van der Waals surface area (Å²) in [4.78, 5) is 184. The molecule has 128 heavy (non-hydrogen) atoms. The lowest BCUT2D eigenvalue weighted by Crippen LogP contribution is -2.21. The molecule has 0 aliphatic carbocycles. The number of halogens is 4. The quantitative estimate of drug-likeness (QED) is 0.0349. The summed E-state index contributed by atoms with van der Waals surface area (Å²) in [7, 11) is 1.60. The summed E-state index contributed by atoms with van der Waals surface area (Å²) in [6.45, 7) is 7.79. The molecule has 0 saturated carbocycles. The number of benzene rings is 9. The molecule has 8 aromatic heterocycles. The van der Waals surface area contributed by atoms with Gasteiger partial charge in [0.15, 0.2) is 54.9 Å². The Hall–Kier alpha value is -16.4. The second kappa shape index (κ2) is 45.1. The van der Waals surface area contributed by atoms with Crippen molar-refractivity contribution in [2.75, 3.05) is 38.9 Å². The maximum Gasteiger partial charge on any atom is 0.362 e. The summed E-state index contributed by atoms with van der Waals surface area (Å²) in [5, 5.41) is 11.9. The number of nitrogens with zero attached hydrogens (tertiary/aromatic N) is 13. The van der Waals surface area contributed by atoms with E-state index in [2.05, 4.69) is 85.1 Å². The second-order valence-electron chi connectivity index (χ2n) is 25.2. The Morgan fingerprint density at radius 3 is 0.812 bits per heavy atom. The lowest BCUT2D eigenvalue weighted by Gasteiger charge is -2.10. The van der Waals surface area contributed by atoms with Gasteiger partial charge >= 0.3 is 29.8 Å². The summed E-state index contributed by atoms with van der Waals surface area (Å²) in [6.07, 6.45) is 0. The third-order valence-corrected chi connectivity index (χ3v) is 17.7. The van der Waals surface area contributed by atoms with Gasteiger partial charge in [0.1, 0.15) is 5.75 Å². The van der Waals surface area contributed by atoms with Crippen molar-refractivity contribution in [2.24, 2.45) is 17.2 Å². The van der Waals surface area contributed by atoms with Crippen LogP contribution in [0.25, 0.3) is 88.3 Å². The van der Waals surface area contributed by atoms with Gasteiger partial charge in [0.05, 0.1) is 122 Å². The molecule has 9 aromatic carbocycles. The Kier molecular flexibility index (Phi) is 33.1. The number of anilines is 2. The number of para-hydroxylation sites is 16. The van der Waals surface area contributed by atoms with Crippen molar-refractivity contribution >= 4 is 194 Å². The minimum Gasteiger partial charge on any atom is -0.497 e. The minimum absolute atomic E-state index is 0.00497. The number of amides is 3. The lowest BCUT2D eigenvalue weighted by atomic mass is 10.2. The molecule has 17 rings (SSSR count). The average Bonchev–Trinajstić information content (AvgIpc) is 0.799. The van der Waals surface area contributed by atoms with Gasteiger partial charge in [0, 0.05) is 5.69 Å². The van der Waals surface area contributed by atoms with E-state index < -0.39 is 69.9 Å². The predicted molar refractivity (Wildman–Crippen MR) is 477 cm³/mol. The largest absolute Gasteiger partial charge is 0.497 e. The number of ether oxygens (including phenoxy) is 5. The molecular weight excluding hydrogens is 1740 g/mol. The van der Waals surface area contributed by atoms with Crippen LogP contribution in [0.15, 0.2) is 233 Å². The van der Waals surface area contributed by atoms with E-state index in [1.165, 1.54) is 0 Å². The first-order chi connectivity index (χ1) is 61.6. The Labute approximate surface area is 741 Å². The van der Waals surface area contributed by atoms with Crippen LogP contribution in [0.5, 0.6) is 5.75 Å². The second-order valence-corrected chi connectivity index (χ2v) is 26.7. The van der Waals surface area contributed by atoms with Crippen LogP contribution in [0.4, 0.5) is 11.5 Å². The van der Waals surface area contributed by atoms with Gasteiger partial charge in [-0.2, -0.15) is 0 Å². The molecular formula is C87H70Cl4N20O17. The summed E-state index contributed by atoms with van der Waals surface area (Å²) in [5.74, 6) is -4.73. The van der Waals surface area contributed by atoms with E-state index in [4.69, 9.17) is 92.4 Å². The zero-order chi connectivity index (χ0) is 92.1. The SMILES string of the molecule is CCOC(=O)c1nc2ccccc2[nH]c1=O.CCOC(=O)c1nc2ccccc2[nH]c1=O.CCOC(=O)c1nc2ccccc2nc1Cl.CCOC(=O)c1nc2ccccc2nc1Cl.COc1ccc(Nc2nc3ccccc3nc2C(N)=O)cc1.NC(=O)c1nc2ccccc2nc1Cl.NC(=O)c1nc2ccccc2nc1Cl.O=C(O)c1nc2ccccc2[nH]c1=O. The number of primary amides is 3. The first kappa shape index (κ1) is 93.9. The highest BCUT2D eigenvalue weighted by Crippen LogP contribution is 2.25. The Balaban J connectivity index is 0.000000153. The van der Waals surface area contributed by atoms with Crippen LogP contribution in [-0.4, -0.2) is 166 Å². The topological polar surface area (TPSA) is 559 Å². The van der Waals surface area contributed by atoms with Gasteiger partial charge in [-0.25, -0.2) is 88.8 Å². The zero-order valence-electron chi connectivity index (χ0n) is 67.6. The maximum absolute atomic E-state index is 11.6. The summed E-state index contributed by atoms with van der Waals surface area (Å²) in [5.41, 5.74) is 23.6. The first-order valence-corrected chi connectivity index (χ1v) is 39.3. The fraction of sp³-hybridized carbons (Fsp3) is 0.103. The number of carboxylic acids is 1. The number of hydrogen-bond acceptors (Lipinski definition) is 30. The summed E-state index contributed by atoms with van der Waals surface area (Å²) in [6, 6.07) is 63.9. The minimum atomic E-state index is -1.32. The molecule has 0 aliphatic heterocycles. The molecule has 0 unspecified atom stereocenters. The molecule has 0 saturated heterocycles. The number of esters is 4. The standard InChI is InChI=1S/C16H14N4O2.2C11H9ClN2O2.2C11H10N2O3.2C9H6ClN3O.C9H6N2O3/c1-22-11-8-6-10(7-9-11)18-16-14(15(17)21)19-12-4-2-3-5-13(12)20-16;2*1-2-16-11(15)9-10(12)14-8-6-4-3-5-7(8)13-9;2*1-2-16-11(15)9-10(14)13-8-6-4-3-5-7(8)12-9;2*10-8-7(9(11)14)12-5-3-1-2-4-6(5)13-8;12-8-7(9(13)14)10-5-3-1-2-4-6(5)11-8/h2-9H,1H3,(H2,17,21)(H,18,20);2*3-6H,2H2,1H3;2*3-6H,2H2,1H3,(H,13,14);2*1-4H,(H2,11,14);1-4H,(H,11,12)(H,13,14). The first-order valence-electron chi connectivity index (χ1n) is 37.8. The molecule has 0 radical (unpaired) electrons. The molecule has 41 heteroatoms. The third kappa shape index (κ3) is 25.0. The number of methoxy groups -OCH3 is 1. The van der Waals surface area contributed by atoms with Crippen LogP contribution in [0.1, 0.15) is 112 Å². The van der Waals surface area contributed by atoms with Crippen molar-refractivity contribution < 1.29 is 67.1 Å². The number of carbonyl (C=O) groups excluding carboxylic acids is 7. The van der Waals surface area contributed by atoms with Crippen molar-refractivity contribution in [1.82, 2.24) is 79.7 Å². The third-order valence-electron chi connectivity index (χ3n) is 16.6.